The lowest BCUT2D eigenvalue weighted by Gasteiger charge is -1.91. The molecular formula is C6H3BrF2OS. The summed E-state index contributed by atoms with van der Waals surface area (Å²) in [6, 6.07) is 1.39. The van der Waals surface area contributed by atoms with Gasteiger partial charge < -0.3 is 0 Å². The van der Waals surface area contributed by atoms with Crippen molar-refractivity contribution in [1.29, 1.82) is 0 Å². The van der Waals surface area contributed by atoms with E-state index in [1.54, 1.807) is 0 Å². The number of thiophene rings is 1. The van der Waals surface area contributed by atoms with Crippen molar-refractivity contribution in [2.75, 3.05) is 0 Å². The van der Waals surface area contributed by atoms with Crippen LogP contribution in [0.3, 0.4) is 0 Å². The van der Waals surface area contributed by atoms with E-state index >= 15 is 0 Å². The molecule has 0 spiro atoms. The lowest BCUT2D eigenvalue weighted by atomic mass is 10.2. The van der Waals surface area contributed by atoms with Gasteiger partial charge in [-0.3, -0.25) is 4.79 Å². The van der Waals surface area contributed by atoms with Crippen LogP contribution in [0.1, 0.15) is 10.4 Å². The minimum Gasteiger partial charge on any atom is -0.288 e. The molecule has 1 nitrogen and oxygen atoms in total. The van der Waals surface area contributed by atoms with Crippen molar-refractivity contribution >= 4 is 33.0 Å². The summed E-state index contributed by atoms with van der Waals surface area (Å²) in [6.45, 7) is 0. The van der Waals surface area contributed by atoms with E-state index in [4.69, 9.17) is 0 Å². The predicted molar refractivity (Wildman–Crippen MR) is 42.4 cm³/mol. The van der Waals surface area contributed by atoms with Gasteiger partial charge in [0, 0.05) is 10.9 Å². The molecule has 0 bridgehead atoms. The van der Waals surface area contributed by atoms with E-state index in [0.717, 1.165) is 0 Å². The van der Waals surface area contributed by atoms with E-state index in [1.807, 2.05) is 0 Å². The zero-order valence-electron chi connectivity index (χ0n) is 5.18. The predicted octanol–water partition coefficient (Wildman–Crippen LogP) is 2.96. The second-order valence-corrected chi connectivity index (χ2v) is 4.09. The smallest absolute Gasteiger partial charge is 0.288 e. The fraction of sp³-hybridized carbons (Fsp3) is 0.167. The van der Waals surface area contributed by atoms with Crippen LogP contribution in [0.25, 0.3) is 0 Å². The van der Waals surface area contributed by atoms with Gasteiger partial charge in [0.2, 0.25) is 5.78 Å². The van der Waals surface area contributed by atoms with Gasteiger partial charge in [0.15, 0.2) is 0 Å². The van der Waals surface area contributed by atoms with Crippen molar-refractivity contribution in [3.63, 3.8) is 0 Å². The van der Waals surface area contributed by atoms with Crippen LogP contribution in [0.2, 0.25) is 0 Å². The van der Waals surface area contributed by atoms with Gasteiger partial charge in [-0.1, -0.05) is 0 Å². The molecule has 0 radical (unpaired) electrons. The van der Waals surface area contributed by atoms with Crippen LogP contribution in [-0.4, -0.2) is 12.2 Å². The molecule has 0 saturated heterocycles. The monoisotopic (exact) mass is 240 g/mol. The van der Waals surface area contributed by atoms with Gasteiger partial charge in [0.25, 0.3) is 0 Å². The number of carbonyl (C=O) groups excluding carboxylic acids is 1. The van der Waals surface area contributed by atoms with Gasteiger partial charge >= 0.3 is 6.43 Å². The minimum atomic E-state index is -2.91. The van der Waals surface area contributed by atoms with Gasteiger partial charge in [-0.05, 0) is 22.0 Å². The number of ketones is 1. The Morgan fingerprint density at radius 2 is 2.27 bits per heavy atom. The summed E-state index contributed by atoms with van der Waals surface area (Å²) in [5, 5.41) is 1.40. The highest BCUT2D eigenvalue weighted by Gasteiger charge is 2.18. The molecule has 0 aromatic carbocycles. The van der Waals surface area contributed by atoms with Crippen LogP contribution in [0.5, 0.6) is 0 Å². The number of Topliss-reactive ketones (excluding diaryl/α,β-unsaturated/α-hetero) is 1. The average Bonchev–Trinajstić information content (AvgIpc) is 2.34. The molecule has 0 atom stereocenters. The Kier molecular flexibility index (Phi) is 2.72. The Bertz CT molecular complexity index is 271. The second kappa shape index (κ2) is 3.40. The number of halogens is 3. The fourth-order valence-electron chi connectivity index (χ4n) is 0.565. The first-order chi connectivity index (χ1) is 5.11. The summed E-state index contributed by atoms with van der Waals surface area (Å²) in [5.74, 6) is -1.12. The minimum absolute atomic E-state index is 0.0666. The van der Waals surface area contributed by atoms with Crippen LogP contribution in [0.4, 0.5) is 8.78 Å². The zero-order valence-corrected chi connectivity index (χ0v) is 7.58. The Labute approximate surface area is 74.2 Å². The number of hydrogen-bond donors (Lipinski definition) is 0. The van der Waals surface area contributed by atoms with Crippen LogP contribution in [-0.2, 0) is 0 Å². The normalized spacial score (nSPS) is 10.5. The summed E-state index contributed by atoms with van der Waals surface area (Å²) < 4.78 is 24.2. The van der Waals surface area contributed by atoms with Crippen molar-refractivity contribution < 1.29 is 13.6 Å². The molecule has 0 amide bonds. The highest BCUT2D eigenvalue weighted by Crippen LogP contribution is 2.22. The van der Waals surface area contributed by atoms with Gasteiger partial charge in [-0.2, -0.15) is 0 Å². The molecule has 1 aromatic heterocycles. The Morgan fingerprint density at radius 1 is 1.64 bits per heavy atom. The van der Waals surface area contributed by atoms with E-state index in [2.05, 4.69) is 15.9 Å². The van der Waals surface area contributed by atoms with Crippen LogP contribution < -0.4 is 0 Å². The molecule has 0 aliphatic heterocycles. The zero-order chi connectivity index (χ0) is 8.43. The number of rotatable bonds is 2. The maximum Gasteiger partial charge on any atom is 0.300 e. The molecule has 0 aliphatic carbocycles. The molecule has 11 heavy (non-hydrogen) atoms. The first kappa shape index (κ1) is 8.80. The van der Waals surface area contributed by atoms with Crippen molar-refractivity contribution in [1.82, 2.24) is 0 Å². The molecule has 1 aromatic rings. The standard InChI is InChI=1S/C6H3BrF2OS/c7-4-1-3(2-11-4)5(10)6(8)9/h1-2,6H. The second-order valence-electron chi connectivity index (χ2n) is 1.80. The first-order valence-electron chi connectivity index (χ1n) is 2.67. The SMILES string of the molecule is O=C(c1csc(Br)c1)C(F)F. The molecule has 60 valence electrons. The third kappa shape index (κ3) is 2.07. The first-order valence-corrected chi connectivity index (χ1v) is 4.35. The van der Waals surface area contributed by atoms with Gasteiger partial charge in [-0.15, -0.1) is 11.3 Å². The van der Waals surface area contributed by atoms with Crippen molar-refractivity contribution in [3.05, 3.63) is 20.8 Å². The van der Waals surface area contributed by atoms with E-state index in [0.29, 0.717) is 3.79 Å². The molecular weight excluding hydrogens is 238 g/mol. The molecule has 0 N–H and O–H groups in total. The van der Waals surface area contributed by atoms with E-state index in [9.17, 15) is 13.6 Å². The van der Waals surface area contributed by atoms with Gasteiger partial charge in [0.1, 0.15) is 0 Å². The summed E-state index contributed by atoms with van der Waals surface area (Å²) >= 11 is 4.28. The third-order valence-electron chi connectivity index (χ3n) is 1.05. The molecule has 5 heteroatoms. The number of carbonyl (C=O) groups is 1. The average molecular weight is 241 g/mol. The summed E-state index contributed by atoms with van der Waals surface area (Å²) in [6.07, 6.45) is -2.91. The Hall–Kier alpha value is -0.290. The topological polar surface area (TPSA) is 17.1 Å². The molecule has 0 saturated carbocycles. The molecule has 0 aliphatic rings. The van der Waals surface area contributed by atoms with Gasteiger partial charge in [-0.25, -0.2) is 8.78 Å². The Balaban J connectivity index is 2.85. The van der Waals surface area contributed by atoms with E-state index in [-0.39, 0.29) is 5.56 Å². The van der Waals surface area contributed by atoms with Crippen molar-refractivity contribution in [3.8, 4) is 0 Å². The summed E-state index contributed by atoms with van der Waals surface area (Å²) in [5.41, 5.74) is 0.0666. The van der Waals surface area contributed by atoms with E-state index in [1.165, 1.54) is 22.8 Å². The summed E-state index contributed by atoms with van der Waals surface area (Å²) in [4.78, 5) is 10.6. The largest absolute Gasteiger partial charge is 0.300 e. The molecule has 1 heterocycles. The highest BCUT2D eigenvalue weighted by atomic mass is 79.9. The van der Waals surface area contributed by atoms with Crippen molar-refractivity contribution in [2.24, 2.45) is 0 Å². The Morgan fingerprint density at radius 3 is 2.64 bits per heavy atom. The quantitative estimate of drug-likeness (QED) is 0.727. The van der Waals surface area contributed by atoms with Gasteiger partial charge in [0.05, 0.1) is 3.79 Å². The number of hydrogen-bond acceptors (Lipinski definition) is 2. The maximum absolute atomic E-state index is 11.8. The molecule has 1 rings (SSSR count). The lowest BCUT2D eigenvalue weighted by molar-refractivity contribution is 0.0679. The van der Waals surface area contributed by atoms with Crippen LogP contribution >= 0.6 is 27.3 Å². The number of alkyl halides is 2. The fourth-order valence-corrected chi connectivity index (χ4v) is 1.71. The van der Waals surface area contributed by atoms with Crippen LogP contribution in [0.15, 0.2) is 15.2 Å². The van der Waals surface area contributed by atoms with Crippen molar-refractivity contribution in [2.45, 2.75) is 6.43 Å². The summed E-state index contributed by atoms with van der Waals surface area (Å²) in [7, 11) is 0. The lowest BCUT2D eigenvalue weighted by Crippen LogP contribution is -2.08. The highest BCUT2D eigenvalue weighted by molar-refractivity contribution is 9.11. The van der Waals surface area contributed by atoms with E-state index < -0.39 is 12.2 Å². The molecule has 0 unspecified atom stereocenters. The molecule has 0 fully saturated rings. The third-order valence-corrected chi connectivity index (χ3v) is 2.55. The maximum atomic E-state index is 11.8. The van der Waals surface area contributed by atoms with Crippen LogP contribution in [0, 0.1) is 0 Å².